The molecule has 0 radical (unpaired) electrons. The molecule has 0 N–H and O–H groups in total. The van der Waals surface area contributed by atoms with Gasteiger partial charge < -0.3 is 14.2 Å². The second-order valence-corrected chi connectivity index (χ2v) is 9.68. The molecule has 2 saturated carbocycles. The third-order valence-corrected chi connectivity index (χ3v) is 7.10. The van der Waals surface area contributed by atoms with Crippen molar-refractivity contribution in [1.29, 1.82) is 0 Å². The van der Waals surface area contributed by atoms with Gasteiger partial charge in [-0.2, -0.15) is 0 Å². The van der Waals surface area contributed by atoms with Gasteiger partial charge in [-0.3, -0.25) is 0 Å². The molecule has 0 aliphatic heterocycles. The van der Waals surface area contributed by atoms with Gasteiger partial charge in [0.1, 0.15) is 6.10 Å². The van der Waals surface area contributed by atoms with Crippen LogP contribution in [0.15, 0.2) is 0 Å². The number of rotatable bonds is 8. The van der Waals surface area contributed by atoms with Crippen LogP contribution in [0.2, 0.25) is 0 Å². The molecular weight excluding hydrogens is 380 g/mol. The van der Waals surface area contributed by atoms with Crippen LogP contribution >= 0.6 is 0 Å². The third-order valence-electron chi connectivity index (χ3n) is 5.37. The van der Waals surface area contributed by atoms with E-state index < -0.39 is 21.1 Å². The van der Waals surface area contributed by atoms with E-state index in [0.717, 1.165) is 58.0 Å². The van der Waals surface area contributed by atoms with Crippen LogP contribution in [0.3, 0.4) is 0 Å². The standard InChI is InChI=1S/C21H34O6S/c1-3-14-25-17-5-7-19(8-6-17)27-21(22)13-16-28(23,24)20-11-9-18(10-12-20)26-15-4-2/h17-20H,3-12,14-15H2,1-2H3. The SMILES string of the molecule is CCCOC1CCC(OC(=O)C#CS(=O)(=O)C2CCC(OCCC)CC2)CC1. The Hall–Kier alpha value is -1.10. The average Bonchev–Trinajstić information content (AvgIpc) is 2.70. The van der Waals surface area contributed by atoms with E-state index in [1.54, 1.807) is 0 Å². The fourth-order valence-corrected chi connectivity index (χ4v) is 5.06. The van der Waals surface area contributed by atoms with Crippen LogP contribution in [0.5, 0.6) is 0 Å². The first-order valence-corrected chi connectivity index (χ1v) is 12.2. The van der Waals surface area contributed by atoms with E-state index in [1.807, 2.05) is 0 Å². The molecule has 0 atom stereocenters. The molecule has 0 bridgehead atoms. The van der Waals surface area contributed by atoms with Crippen molar-refractivity contribution in [2.75, 3.05) is 13.2 Å². The number of esters is 1. The van der Waals surface area contributed by atoms with Crippen molar-refractivity contribution < 1.29 is 27.4 Å². The third kappa shape index (κ3) is 7.73. The van der Waals surface area contributed by atoms with Crippen molar-refractivity contribution in [2.45, 2.75) is 102 Å². The first-order valence-electron chi connectivity index (χ1n) is 10.6. The molecule has 0 amide bonds. The van der Waals surface area contributed by atoms with Gasteiger partial charge in [0.2, 0.25) is 9.84 Å². The van der Waals surface area contributed by atoms with Gasteiger partial charge >= 0.3 is 5.97 Å². The fourth-order valence-electron chi connectivity index (χ4n) is 3.77. The van der Waals surface area contributed by atoms with Crippen molar-refractivity contribution in [3.63, 3.8) is 0 Å². The Morgan fingerprint density at radius 2 is 1.29 bits per heavy atom. The van der Waals surface area contributed by atoms with Gasteiger partial charge in [-0.25, -0.2) is 13.2 Å². The van der Waals surface area contributed by atoms with E-state index in [-0.39, 0.29) is 18.3 Å². The smallest absolute Gasteiger partial charge is 0.385 e. The molecule has 0 aromatic rings. The summed E-state index contributed by atoms with van der Waals surface area (Å²) < 4.78 is 41.6. The van der Waals surface area contributed by atoms with Gasteiger partial charge in [-0.1, -0.05) is 13.8 Å². The highest BCUT2D eigenvalue weighted by molar-refractivity contribution is 7.96. The predicted octanol–water partition coefficient (Wildman–Crippen LogP) is 3.38. The summed E-state index contributed by atoms with van der Waals surface area (Å²) in [5, 5.41) is 1.68. The monoisotopic (exact) mass is 414 g/mol. The lowest BCUT2D eigenvalue weighted by Gasteiger charge is -2.27. The van der Waals surface area contributed by atoms with E-state index in [4.69, 9.17) is 14.2 Å². The number of sulfone groups is 1. The molecule has 0 heterocycles. The van der Waals surface area contributed by atoms with Gasteiger partial charge in [0, 0.05) is 24.4 Å². The van der Waals surface area contributed by atoms with Crippen molar-refractivity contribution in [1.82, 2.24) is 0 Å². The zero-order valence-electron chi connectivity index (χ0n) is 17.2. The Morgan fingerprint density at radius 3 is 1.79 bits per heavy atom. The Morgan fingerprint density at radius 1 is 0.821 bits per heavy atom. The minimum absolute atomic E-state index is 0.140. The number of carbonyl (C=O) groups excluding carboxylic acids is 1. The minimum Gasteiger partial charge on any atom is -0.453 e. The predicted molar refractivity (Wildman–Crippen MR) is 107 cm³/mol. The van der Waals surface area contributed by atoms with Crippen LogP contribution in [0.1, 0.15) is 78.1 Å². The fraction of sp³-hybridized carbons (Fsp3) is 0.857. The van der Waals surface area contributed by atoms with Crippen molar-refractivity contribution in [3.05, 3.63) is 0 Å². The number of hydrogen-bond donors (Lipinski definition) is 0. The van der Waals surface area contributed by atoms with Crippen LogP contribution in [-0.4, -0.2) is 51.2 Å². The lowest BCUT2D eigenvalue weighted by Crippen LogP contribution is -2.30. The second-order valence-electron chi connectivity index (χ2n) is 7.72. The Kier molecular flexibility index (Phi) is 9.76. The molecular formula is C21H34O6S. The molecule has 28 heavy (non-hydrogen) atoms. The molecule has 2 aliphatic rings. The minimum atomic E-state index is -3.62. The number of ether oxygens (including phenoxy) is 3. The second kappa shape index (κ2) is 11.8. The van der Waals surface area contributed by atoms with E-state index in [2.05, 4.69) is 25.0 Å². The molecule has 0 spiro atoms. The van der Waals surface area contributed by atoms with Gasteiger partial charge in [0.05, 0.1) is 17.5 Å². The Balaban J connectivity index is 1.75. The lowest BCUT2D eigenvalue weighted by molar-refractivity contribution is -0.144. The maximum atomic E-state index is 12.4. The van der Waals surface area contributed by atoms with Crippen molar-refractivity contribution in [3.8, 4) is 11.2 Å². The van der Waals surface area contributed by atoms with Crippen LogP contribution in [0.25, 0.3) is 0 Å². The number of hydrogen-bond acceptors (Lipinski definition) is 6. The first-order chi connectivity index (χ1) is 13.4. The van der Waals surface area contributed by atoms with Crippen LogP contribution < -0.4 is 0 Å². The van der Waals surface area contributed by atoms with Crippen LogP contribution in [-0.2, 0) is 28.8 Å². The van der Waals surface area contributed by atoms with Gasteiger partial charge in [-0.05, 0) is 64.2 Å². The summed E-state index contributed by atoms with van der Waals surface area (Å²) in [7, 11) is -3.62. The summed E-state index contributed by atoms with van der Waals surface area (Å²) in [4.78, 5) is 12.0. The summed E-state index contributed by atoms with van der Waals surface area (Å²) >= 11 is 0. The Labute approximate surface area is 169 Å². The maximum Gasteiger partial charge on any atom is 0.385 e. The molecule has 0 aromatic heterocycles. The van der Waals surface area contributed by atoms with Gasteiger partial charge in [-0.15, -0.1) is 0 Å². The van der Waals surface area contributed by atoms with E-state index in [9.17, 15) is 13.2 Å². The normalized spacial score (nSPS) is 28.2. The highest BCUT2D eigenvalue weighted by atomic mass is 32.2. The molecule has 2 fully saturated rings. The molecule has 0 saturated heterocycles. The summed E-state index contributed by atoms with van der Waals surface area (Å²) in [5.74, 6) is 1.45. The molecule has 0 aromatic carbocycles. The highest BCUT2D eigenvalue weighted by Crippen LogP contribution is 2.27. The molecule has 0 unspecified atom stereocenters. The van der Waals surface area contributed by atoms with E-state index >= 15 is 0 Å². The summed E-state index contributed by atoms with van der Waals surface area (Å²) in [5.41, 5.74) is 0. The van der Waals surface area contributed by atoms with Crippen LogP contribution in [0.4, 0.5) is 0 Å². The zero-order chi connectivity index (χ0) is 20.4. The molecule has 6 nitrogen and oxygen atoms in total. The quantitative estimate of drug-likeness (QED) is 0.344. The summed E-state index contributed by atoms with van der Waals surface area (Å²) in [6, 6.07) is 0. The van der Waals surface area contributed by atoms with Crippen molar-refractivity contribution >= 4 is 15.8 Å². The largest absolute Gasteiger partial charge is 0.453 e. The first kappa shape index (κ1) is 23.2. The van der Waals surface area contributed by atoms with E-state index in [1.165, 1.54) is 0 Å². The number of carbonyl (C=O) groups is 1. The highest BCUT2D eigenvalue weighted by Gasteiger charge is 2.30. The summed E-state index contributed by atoms with van der Waals surface area (Å²) in [6.45, 7) is 5.59. The van der Waals surface area contributed by atoms with E-state index in [0.29, 0.717) is 19.4 Å². The average molecular weight is 415 g/mol. The van der Waals surface area contributed by atoms with Gasteiger partial charge in [0.15, 0.2) is 0 Å². The molecule has 2 rings (SSSR count). The molecule has 160 valence electrons. The lowest BCUT2D eigenvalue weighted by atomic mass is 9.95. The van der Waals surface area contributed by atoms with Crippen LogP contribution in [0, 0.1) is 11.2 Å². The summed E-state index contributed by atoms with van der Waals surface area (Å²) in [6.07, 6.45) is 7.80. The Bertz CT molecular complexity index is 632. The van der Waals surface area contributed by atoms with Crippen molar-refractivity contribution in [2.24, 2.45) is 0 Å². The molecule has 7 heteroatoms. The topological polar surface area (TPSA) is 78.9 Å². The molecule has 2 aliphatic carbocycles. The van der Waals surface area contributed by atoms with Gasteiger partial charge in [0.25, 0.3) is 0 Å². The zero-order valence-corrected chi connectivity index (χ0v) is 18.0. The maximum absolute atomic E-state index is 12.4.